The maximum Gasteiger partial charge on any atom is 0.264 e. The molecule has 7 nitrogen and oxygen atoms in total. The molecule has 0 saturated heterocycles. The lowest BCUT2D eigenvalue weighted by Gasteiger charge is -2.07. The number of carbonyl (C=O) groups is 1. The normalized spacial score (nSPS) is 11.4. The van der Waals surface area contributed by atoms with Gasteiger partial charge in [-0.3, -0.25) is 9.48 Å². The van der Waals surface area contributed by atoms with Crippen LogP contribution in [0.3, 0.4) is 0 Å². The van der Waals surface area contributed by atoms with Gasteiger partial charge in [-0.05, 0) is 13.8 Å². The Hall–Kier alpha value is -2.38. The van der Waals surface area contributed by atoms with Gasteiger partial charge in [0.25, 0.3) is 5.91 Å². The van der Waals surface area contributed by atoms with Crippen molar-refractivity contribution in [2.75, 3.05) is 12.4 Å². The molecular formula is C12H15FN4O3. The lowest BCUT2D eigenvalue weighted by Crippen LogP contribution is -2.12. The van der Waals surface area contributed by atoms with E-state index in [0.717, 1.165) is 0 Å². The lowest BCUT2D eigenvalue weighted by molar-refractivity contribution is 0.102. The van der Waals surface area contributed by atoms with E-state index < -0.39 is 11.6 Å². The van der Waals surface area contributed by atoms with Gasteiger partial charge in [-0.2, -0.15) is 0 Å². The Balaban J connectivity index is 2.17. The van der Waals surface area contributed by atoms with Gasteiger partial charge in [0.15, 0.2) is 17.2 Å². The molecule has 0 unspecified atom stereocenters. The molecule has 0 atom stereocenters. The Bertz CT molecular complexity index is 627. The maximum absolute atomic E-state index is 13.6. The number of nitrogens with zero attached hydrogens (tertiary/aromatic N) is 3. The number of hydrogen-bond acceptors (Lipinski definition) is 5. The van der Waals surface area contributed by atoms with Crippen LogP contribution in [0.25, 0.3) is 0 Å². The highest BCUT2D eigenvalue weighted by atomic mass is 19.1. The molecule has 2 aromatic rings. The van der Waals surface area contributed by atoms with Crippen LogP contribution in [0.5, 0.6) is 5.88 Å². The third-order valence-corrected chi connectivity index (χ3v) is 2.57. The molecule has 1 N–H and O–H groups in total. The van der Waals surface area contributed by atoms with Crippen LogP contribution in [-0.2, 0) is 12.7 Å². The number of nitrogens with one attached hydrogen (secondary N) is 1. The molecule has 108 valence electrons. The van der Waals surface area contributed by atoms with Gasteiger partial charge >= 0.3 is 0 Å². The van der Waals surface area contributed by atoms with Gasteiger partial charge in [0.2, 0.25) is 5.88 Å². The highest BCUT2D eigenvalue weighted by Gasteiger charge is 2.25. The molecule has 0 spiro atoms. The molecular weight excluding hydrogens is 267 g/mol. The van der Waals surface area contributed by atoms with Crippen molar-refractivity contribution in [2.45, 2.75) is 19.5 Å². The average molecular weight is 282 g/mol. The molecule has 0 aromatic carbocycles. The zero-order valence-electron chi connectivity index (χ0n) is 11.6. The van der Waals surface area contributed by atoms with Crippen molar-refractivity contribution < 1.29 is 18.4 Å². The molecule has 0 fully saturated rings. The van der Waals surface area contributed by atoms with E-state index in [-0.39, 0.29) is 23.0 Å². The molecule has 2 rings (SSSR count). The second-order valence-corrected chi connectivity index (χ2v) is 4.73. The summed E-state index contributed by atoms with van der Waals surface area (Å²) in [6.07, 6.45) is 1.51. The van der Waals surface area contributed by atoms with Gasteiger partial charge in [-0.1, -0.05) is 5.16 Å². The minimum absolute atomic E-state index is 0.0333. The predicted octanol–water partition coefficient (Wildman–Crippen LogP) is 1.87. The number of alkyl halides is 1. The number of aryl methyl sites for hydroxylation is 1. The van der Waals surface area contributed by atoms with Gasteiger partial charge in [0.05, 0.1) is 7.11 Å². The van der Waals surface area contributed by atoms with Crippen molar-refractivity contribution in [2.24, 2.45) is 7.05 Å². The van der Waals surface area contributed by atoms with E-state index >= 15 is 0 Å². The number of hydrogen-bond donors (Lipinski definition) is 1. The summed E-state index contributed by atoms with van der Waals surface area (Å²) >= 11 is 0. The number of ether oxygens (including phenoxy) is 1. The SMILES string of the molecule is COc1nn(C)cc1C(=O)Nc1cc(C(C)(C)F)on1. The largest absolute Gasteiger partial charge is 0.479 e. The van der Waals surface area contributed by atoms with Gasteiger partial charge in [0, 0.05) is 19.3 Å². The van der Waals surface area contributed by atoms with Gasteiger partial charge in [-0.15, -0.1) is 5.10 Å². The van der Waals surface area contributed by atoms with Crippen molar-refractivity contribution in [1.82, 2.24) is 14.9 Å². The number of anilines is 1. The van der Waals surface area contributed by atoms with Crippen LogP contribution in [0, 0.1) is 0 Å². The van der Waals surface area contributed by atoms with Crippen molar-refractivity contribution in [3.05, 3.63) is 23.6 Å². The molecule has 0 aliphatic rings. The standard InChI is InChI=1S/C12H15FN4O3/c1-12(2,13)8-5-9(16-20-8)14-10(18)7-6-17(3)15-11(7)19-4/h5-6H,1-4H3,(H,14,16,18). The Morgan fingerprint density at radius 1 is 1.55 bits per heavy atom. The molecule has 20 heavy (non-hydrogen) atoms. The molecule has 0 saturated carbocycles. The second kappa shape index (κ2) is 4.95. The molecule has 0 aliphatic carbocycles. The molecule has 1 amide bonds. The first kappa shape index (κ1) is 14.0. The summed E-state index contributed by atoms with van der Waals surface area (Å²) < 4.78 is 24.9. The van der Waals surface area contributed by atoms with E-state index in [1.807, 2.05) is 0 Å². The number of aromatic nitrogens is 3. The van der Waals surface area contributed by atoms with Crippen LogP contribution in [0.2, 0.25) is 0 Å². The average Bonchev–Trinajstić information content (AvgIpc) is 2.94. The fourth-order valence-electron chi connectivity index (χ4n) is 1.57. The van der Waals surface area contributed by atoms with E-state index in [9.17, 15) is 9.18 Å². The van der Waals surface area contributed by atoms with E-state index in [1.165, 1.54) is 37.9 Å². The van der Waals surface area contributed by atoms with Gasteiger partial charge < -0.3 is 14.6 Å². The highest BCUT2D eigenvalue weighted by molar-refractivity contribution is 6.05. The van der Waals surface area contributed by atoms with Crippen molar-refractivity contribution in [1.29, 1.82) is 0 Å². The minimum Gasteiger partial charge on any atom is -0.479 e. The van der Waals surface area contributed by atoms with E-state index in [2.05, 4.69) is 15.6 Å². The van der Waals surface area contributed by atoms with Gasteiger partial charge in [-0.25, -0.2) is 4.39 Å². The fraction of sp³-hybridized carbons (Fsp3) is 0.417. The third kappa shape index (κ3) is 2.79. The zero-order valence-corrected chi connectivity index (χ0v) is 11.6. The topological polar surface area (TPSA) is 82.2 Å². The number of amides is 1. The van der Waals surface area contributed by atoms with Crippen molar-refractivity contribution in [3.63, 3.8) is 0 Å². The summed E-state index contributed by atoms with van der Waals surface area (Å²) in [5.74, 6) is -0.112. The number of rotatable bonds is 4. The minimum atomic E-state index is -1.66. The Kier molecular flexibility index (Phi) is 3.47. The van der Waals surface area contributed by atoms with Crippen LogP contribution in [0.1, 0.15) is 30.0 Å². The number of carbonyl (C=O) groups excluding carboxylic acids is 1. The summed E-state index contributed by atoms with van der Waals surface area (Å²) in [5.41, 5.74) is -1.42. The Labute approximate surface area is 114 Å². The van der Waals surface area contributed by atoms with Gasteiger partial charge in [0.1, 0.15) is 5.56 Å². The monoisotopic (exact) mass is 282 g/mol. The summed E-state index contributed by atoms with van der Waals surface area (Å²) in [7, 11) is 3.08. The Morgan fingerprint density at radius 2 is 2.25 bits per heavy atom. The zero-order chi connectivity index (χ0) is 14.9. The lowest BCUT2D eigenvalue weighted by atomic mass is 10.1. The van der Waals surface area contributed by atoms with Crippen LogP contribution in [-0.4, -0.2) is 28.0 Å². The second-order valence-electron chi connectivity index (χ2n) is 4.73. The summed E-state index contributed by atoms with van der Waals surface area (Å²) in [4.78, 5) is 12.0. The van der Waals surface area contributed by atoms with Crippen molar-refractivity contribution >= 4 is 11.7 Å². The predicted molar refractivity (Wildman–Crippen MR) is 68.4 cm³/mol. The first-order valence-corrected chi connectivity index (χ1v) is 5.86. The molecule has 8 heteroatoms. The van der Waals surface area contributed by atoms with E-state index in [4.69, 9.17) is 9.26 Å². The Morgan fingerprint density at radius 3 is 2.80 bits per heavy atom. The van der Waals surface area contributed by atoms with Crippen LogP contribution >= 0.6 is 0 Å². The maximum atomic E-state index is 13.6. The quantitative estimate of drug-likeness (QED) is 0.925. The first-order chi connectivity index (χ1) is 9.31. The fourth-order valence-corrected chi connectivity index (χ4v) is 1.57. The van der Waals surface area contributed by atoms with Crippen LogP contribution < -0.4 is 10.1 Å². The first-order valence-electron chi connectivity index (χ1n) is 5.86. The molecule has 0 bridgehead atoms. The number of methoxy groups -OCH3 is 1. The van der Waals surface area contributed by atoms with Crippen molar-refractivity contribution in [3.8, 4) is 5.88 Å². The summed E-state index contributed by atoms with van der Waals surface area (Å²) in [6, 6.07) is 1.33. The summed E-state index contributed by atoms with van der Waals surface area (Å²) in [6.45, 7) is 2.67. The summed E-state index contributed by atoms with van der Waals surface area (Å²) in [5, 5.41) is 10.1. The molecule has 0 radical (unpaired) electrons. The molecule has 2 aromatic heterocycles. The smallest absolute Gasteiger partial charge is 0.264 e. The number of halogens is 1. The van der Waals surface area contributed by atoms with E-state index in [0.29, 0.717) is 0 Å². The highest BCUT2D eigenvalue weighted by Crippen LogP contribution is 2.26. The van der Waals surface area contributed by atoms with Crippen LogP contribution in [0.4, 0.5) is 10.2 Å². The molecule has 2 heterocycles. The molecule has 0 aliphatic heterocycles. The van der Waals surface area contributed by atoms with E-state index in [1.54, 1.807) is 7.05 Å². The van der Waals surface area contributed by atoms with Crippen LogP contribution in [0.15, 0.2) is 16.8 Å². The third-order valence-electron chi connectivity index (χ3n) is 2.57.